The molecule has 3 aromatic rings. The highest BCUT2D eigenvalue weighted by molar-refractivity contribution is 7.89. The molecule has 4 rings (SSSR count). The molecule has 0 saturated heterocycles. The van der Waals surface area contributed by atoms with Gasteiger partial charge in [-0.1, -0.05) is 48.5 Å². The van der Waals surface area contributed by atoms with Crippen molar-refractivity contribution in [3.8, 4) is 0 Å². The van der Waals surface area contributed by atoms with Gasteiger partial charge in [-0.05, 0) is 47.9 Å². The summed E-state index contributed by atoms with van der Waals surface area (Å²) in [6.45, 7) is 1.45. The number of hydrogen-bond acceptors (Lipinski definition) is 5. The number of para-hydroxylation sites is 1. The molecule has 0 saturated carbocycles. The van der Waals surface area contributed by atoms with Gasteiger partial charge in [-0.2, -0.15) is 0 Å². The molecule has 0 aliphatic carbocycles. The van der Waals surface area contributed by atoms with Crippen LogP contribution in [0.4, 0.5) is 5.69 Å². The summed E-state index contributed by atoms with van der Waals surface area (Å²) in [6.07, 6.45) is 0.582. The Kier molecular flexibility index (Phi) is 6.25. The fraction of sp³-hybridized carbons (Fsp3) is 0.250. The number of hydrogen-bond donors (Lipinski definition) is 1. The summed E-state index contributed by atoms with van der Waals surface area (Å²) in [5, 5.41) is 1.75. The van der Waals surface area contributed by atoms with E-state index in [4.69, 9.17) is 4.74 Å². The maximum absolute atomic E-state index is 12.6. The van der Waals surface area contributed by atoms with Crippen LogP contribution in [0.3, 0.4) is 0 Å². The van der Waals surface area contributed by atoms with Crippen LogP contribution in [0, 0.1) is 0 Å². The summed E-state index contributed by atoms with van der Waals surface area (Å²) in [6, 6.07) is 19.9. The average Bonchev–Trinajstić information content (AvgIpc) is 3.12. The second kappa shape index (κ2) is 9.10. The van der Waals surface area contributed by atoms with Crippen molar-refractivity contribution in [1.82, 2.24) is 4.72 Å². The largest absolute Gasteiger partial charge is 0.456 e. The molecule has 7 nitrogen and oxygen atoms in total. The van der Waals surface area contributed by atoms with Gasteiger partial charge in [0.15, 0.2) is 6.61 Å². The van der Waals surface area contributed by atoms with E-state index in [0.717, 1.165) is 28.4 Å². The Morgan fingerprint density at radius 3 is 2.56 bits per heavy atom. The normalized spacial score (nSPS) is 15.5. The van der Waals surface area contributed by atoms with Crippen LogP contribution in [0.2, 0.25) is 0 Å². The predicted molar refractivity (Wildman–Crippen MR) is 122 cm³/mol. The number of esters is 1. The van der Waals surface area contributed by atoms with Gasteiger partial charge in [0.05, 0.1) is 11.3 Å². The van der Waals surface area contributed by atoms with Crippen molar-refractivity contribution in [2.24, 2.45) is 0 Å². The van der Waals surface area contributed by atoms with Gasteiger partial charge in [0, 0.05) is 18.3 Å². The van der Waals surface area contributed by atoms with Crippen molar-refractivity contribution >= 4 is 38.4 Å². The number of ether oxygens (including phenoxy) is 1. The second-order valence-electron chi connectivity index (χ2n) is 7.76. The third kappa shape index (κ3) is 4.66. The smallest absolute Gasteiger partial charge is 0.307 e. The molecule has 1 aliphatic rings. The standard InChI is InChI=1S/C24H24N2O5S/c1-17-14-20-8-4-5-9-22(20)26(17)23(27)16-31-24(28)12-13-25-32(29,30)21-11-10-18-6-2-3-7-19(18)15-21/h2-11,15,17,25H,12-14,16H2,1H3. The van der Waals surface area contributed by atoms with Crippen molar-refractivity contribution in [2.75, 3.05) is 18.1 Å². The number of benzene rings is 3. The van der Waals surface area contributed by atoms with Crippen molar-refractivity contribution < 1.29 is 22.7 Å². The number of sulfonamides is 1. The van der Waals surface area contributed by atoms with Crippen LogP contribution in [0.5, 0.6) is 0 Å². The maximum atomic E-state index is 12.6. The lowest BCUT2D eigenvalue weighted by Crippen LogP contribution is -2.39. The highest BCUT2D eigenvalue weighted by Crippen LogP contribution is 2.31. The van der Waals surface area contributed by atoms with Gasteiger partial charge in [0.2, 0.25) is 10.0 Å². The average molecular weight is 453 g/mol. The summed E-state index contributed by atoms with van der Waals surface area (Å²) in [4.78, 5) is 26.4. The fourth-order valence-corrected chi connectivity index (χ4v) is 5.00. The van der Waals surface area contributed by atoms with E-state index in [1.54, 1.807) is 17.0 Å². The van der Waals surface area contributed by atoms with Crippen molar-refractivity contribution in [2.45, 2.75) is 30.7 Å². The van der Waals surface area contributed by atoms with Crippen LogP contribution < -0.4 is 9.62 Å². The first-order valence-corrected chi connectivity index (χ1v) is 11.9. The number of carbonyl (C=O) groups excluding carboxylic acids is 2. The molecule has 1 atom stereocenters. The van der Waals surface area contributed by atoms with Gasteiger partial charge in [0.25, 0.3) is 5.91 Å². The van der Waals surface area contributed by atoms with Crippen LogP contribution in [-0.4, -0.2) is 39.5 Å². The minimum absolute atomic E-state index is 0.00707. The van der Waals surface area contributed by atoms with Gasteiger partial charge >= 0.3 is 5.97 Å². The van der Waals surface area contributed by atoms with Gasteiger partial charge in [0.1, 0.15) is 0 Å². The molecule has 3 aromatic carbocycles. The van der Waals surface area contributed by atoms with E-state index in [1.165, 1.54) is 6.07 Å². The minimum atomic E-state index is -3.77. The molecule has 1 N–H and O–H groups in total. The first-order valence-electron chi connectivity index (χ1n) is 10.4. The molecular weight excluding hydrogens is 428 g/mol. The maximum Gasteiger partial charge on any atom is 0.307 e. The summed E-state index contributed by atoms with van der Waals surface area (Å²) in [5.74, 6) is -0.938. The molecule has 32 heavy (non-hydrogen) atoms. The van der Waals surface area contributed by atoms with E-state index in [-0.39, 0.29) is 36.4 Å². The third-order valence-electron chi connectivity index (χ3n) is 5.49. The molecule has 1 aliphatic heterocycles. The van der Waals surface area contributed by atoms with Crippen molar-refractivity contribution in [3.63, 3.8) is 0 Å². The van der Waals surface area contributed by atoms with Gasteiger partial charge in [-0.25, -0.2) is 13.1 Å². The van der Waals surface area contributed by atoms with Crippen LogP contribution in [0.15, 0.2) is 71.6 Å². The molecule has 8 heteroatoms. The Bertz CT molecular complexity index is 1270. The molecule has 1 unspecified atom stereocenters. The molecule has 0 spiro atoms. The van der Waals surface area contributed by atoms with Crippen LogP contribution >= 0.6 is 0 Å². The molecular formula is C24H24N2O5S. The molecule has 166 valence electrons. The topological polar surface area (TPSA) is 92.8 Å². The second-order valence-corrected chi connectivity index (χ2v) is 9.53. The summed E-state index contributed by atoms with van der Waals surface area (Å²) in [7, 11) is -3.77. The Morgan fingerprint density at radius 1 is 1.03 bits per heavy atom. The fourth-order valence-electron chi connectivity index (χ4n) is 3.93. The summed E-state index contributed by atoms with van der Waals surface area (Å²) in [5.41, 5.74) is 1.92. The van der Waals surface area contributed by atoms with Crippen LogP contribution in [0.1, 0.15) is 18.9 Å². The number of nitrogens with zero attached hydrogens (tertiary/aromatic N) is 1. The lowest BCUT2D eigenvalue weighted by molar-refractivity contribution is -0.147. The van der Waals surface area contributed by atoms with E-state index in [1.807, 2.05) is 55.5 Å². The minimum Gasteiger partial charge on any atom is -0.456 e. The Balaban J connectivity index is 1.28. The first-order chi connectivity index (χ1) is 15.3. The van der Waals surface area contributed by atoms with E-state index < -0.39 is 16.0 Å². The molecule has 1 amide bonds. The van der Waals surface area contributed by atoms with E-state index >= 15 is 0 Å². The van der Waals surface area contributed by atoms with E-state index in [9.17, 15) is 18.0 Å². The number of fused-ring (bicyclic) bond motifs is 2. The number of anilines is 1. The van der Waals surface area contributed by atoms with Gasteiger partial charge < -0.3 is 9.64 Å². The quantitative estimate of drug-likeness (QED) is 0.557. The third-order valence-corrected chi connectivity index (χ3v) is 6.94. The highest BCUT2D eigenvalue weighted by Gasteiger charge is 2.30. The van der Waals surface area contributed by atoms with Crippen molar-refractivity contribution in [1.29, 1.82) is 0 Å². The van der Waals surface area contributed by atoms with Crippen molar-refractivity contribution in [3.05, 3.63) is 72.3 Å². The van der Waals surface area contributed by atoms with Gasteiger partial charge in [-0.3, -0.25) is 9.59 Å². The van der Waals surface area contributed by atoms with Crippen LogP contribution in [-0.2, 0) is 30.8 Å². The lowest BCUT2D eigenvalue weighted by Gasteiger charge is -2.22. The molecule has 0 radical (unpaired) electrons. The predicted octanol–water partition coefficient (Wildman–Crippen LogP) is 3.03. The Morgan fingerprint density at radius 2 is 1.75 bits per heavy atom. The molecule has 0 aromatic heterocycles. The molecule has 0 bridgehead atoms. The highest BCUT2D eigenvalue weighted by atomic mass is 32.2. The van der Waals surface area contributed by atoms with E-state index in [2.05, 4.69) is 4.72 Å². The number of rotatable bonds is 7. The molecule has 1 heterocycles. The van der Waals surface area contributed by atoms with Gasteiger partial charge in [-0.15, -0.1) is 0 Å². The Labute approximate surface area is 187 Å². The SMILES string of the molecule is CC1Cc2ccccc2N1C(=O)COC(=O)CCNS(=O)(=O)c1ccc2ccccc2c1. The van der Waals surface area contributed by atoms with Crippen LogP contribution in [0.25, 0.3) is 10.8 Å². The zero-order valence-corrected chi connectivity index (χ0v) is 18.5. The summed E-state index contributed by atoms with van der Waals surface area (Å²) >= 11 is 0. The summed E-state index contributed by atoms with van der Waals surface area (Å²) < 4.78 is 32.6. The monoisotopic (exact) mass is 452 g/mol. The zero-order chi connectivity index (χ0) is 22.7. The first kappa shape index (κ1) is 22.0. The number of carbonyl (C=O) groups is 2. The number of nitrogens with one attached hydrogen (secondary N) is 1. The molecule has 0 fully saturated rings. The Hall–Kier alpha value is -3.23. The lowest BCUT2D eigenvalue weighted by atomic mass is 10.1. The number of amides is 1. The van der Waals surface area contributed by atoms with E-state index in [0.29, 0.717) is 0 Å². The zero-order valence-electron chi connectivity index (χ0n) is 17.7.